The van der Waals surface area contributed by atoms with Gasteiger partial charge in [-0.05, 0) is 19.1 Å². The highest BCUT2D eigenvalue weighted by Gasteiger charge is 2.27. The highest BCUT2D eigenvalue weighted by Crippen LogP contribution is 2.25. The Kier molecular flexibility index (Phi) is 3.97. The Labute approximate surface area is 112 Å². The van der Waals surface area contributed by atoms with Crippen LogP contribution in [-0.4, -0.2) is 28.8 Å². The van der Waals surface area contributed by atoms with Gasteiger partial charge in [-0.15, -0.1) is 0 Å². The molecule has 0 radical (unpaired) electrons. The maximum Gasteiger partial charge on any atom is 0.120 e. The molecule has 0 aliphatic rings. The van der Waals surface area contributed by atoms with Crippen LogP contribution in [0, 0.1) is 0 Å². The van der Waals surface area contributed by atoms with Crippen LogP contribution < -0.4 is 10.1 Å². The zero-order valence-corrected chi connectivity index (χ0v) is 11.0. The highest BCUT2D eigenvalue weighted by atomic mass is 16.5. The molecule has 0 saturated carbocycles. The van der Waals surface area contributed by atoms with Crippen molar-refractivity contribution in [3.05, 3.63) is 48.5 Å². The van der Waals surface area contributed by atoms with E-state index in [0.29, 0.717) is 5.69 Å². The summed E-state index contributed by atoms with van der Waals surface area (Å²) in [7, 11) is 1.62. The highest BCUT2D eigenvalue weighted by molar-refractivity contribution is 5.50. The molecule has 1 heterocycles. The standard InChI is InChI=1S/C14H17N3O2/c1-14(10-18,13-9-15-6-7-16-13)17-11-4-3-5-12(8-11)19-2/h3-9,17-18H,10H2,1-2H3. The number of ether oxygens (including phenoxy) is 1. The van der Waals surface area contributed by atoms with Gasteiger partial charge in [0.05, 0.1) is 25.6 Å². The van der Waals surface area contributed by atoms with E-state index in [1.165, 1.54) is 0 Å². The van der Waals surface area contributed by atoms with E-state index in [1.54, 1.807) is 25.7 Å². The third-order valence-electron chi connectivity index (χ3n) is 2.93. The van der Waals surface area contributed by atoms with Crippen LogP contribution >= 0.6 is 0 Å². The summed E-state index contributed by atoms with van der Waals surface area (Å²) >= 11 is 0. The lowest BCUT2D eigenvalue weighted by molar-refractivity contribution is 0.220. The van der Waals surface area contributed by atoms with Gasteiger partial charge in [-0.2, -0.15) is 0 Å². The second kappa shape index (κ2) is 5.67. The van der Waals surface area contributed by atoms with Gasteiger partial charge in [0.2, 0.25) is 0 Å². The lowest BCUT2D eigenvalue weighted by atomic mass is 9.99. The maximum absolute atomic E-state index is 9.67. The zero-order valence-electron chi connectivity index (χ0n) is 11.0. The van der Waals surface area contributed by atoms with E-state index in [9.17, 15) is 5.11 Å². The van der Waals surface area contributed by atoms with E-state index in [4.69, 9.17) is 4.74 Å². The third kappa shape index (κ3) is 3.00. The molecule has 1 unspecified atom stereocenters. The van der Waals surface area contributed by atoms with E-state index < -0.39 is 5.54 Å². The lowest BCUT2D eigenvalue weighted by Crippen LogP contribution is -2.36. The maximum atomic E-state index is 9.67. The van der Waals surface area contributed by atoms with Gasteiger partial charge in [0.1, 0.15) is 11.3 Å². The van der Waals surface area contributed by atoms with Gasteiger partial charge in [0.15, 0.2) is 0 Å². The van der Waals surface area contributed by atoms with Gasteiger partial charge in [-0.25, -0.2) is 0 Å². The van der Waals surface area contributed by atoms with Crippen LogP contribution in [0.1, 0.15) is 12.6 Å². The molecule has 0 fully saturated rings. The second-order valence-electron chi connectivity index (χ2n) is 4.44. The van der Waals surface area contributed by atoms with Gasteiger partial charge < -0.3 is 15.2 Å². The Balaban J connectivity index is 2.27. The fraction of sp³-hybridized carbons (Fsp3) is 0.286. The van der Waals surface area contributed by atoms with Crippen molar-refractivity contribution in [3.63, 3.8) is 0 Å². The lowest BCUT2D eigenvalue weighted by Gasteiger charge is -2.29. The molecule has 5 heteroatoms. The monoisotopic (exact) mass is 259 g/mol. The number of methoxy groups -OCH3 is 1. The van der Waals surface area contributed by atoms with Crippen molar-refractivity contribution >= 4 is 5.69 Å². The first-order valence-electron chi connectivity index (χ1n) is 5.97. The normalized spacial score (nSPS) is 13.6. The molecule has 1 aromatic heterocycles. The van der Waals surface area contributed by atoms with Gasteiger partial charge in [-0.3, -0.25) is 9.97 Å². The number of aliphatic hydroxyl groups is 1. The number of nitrogens with one attached hydrogen (secondary N) is 1. The summed E-state index contributed by atoms with van der Waals surface area (Å²) in [4.78, 5) is 8.28. The Hall–Kier alpha value is -2.14. The summed E-state index contributed by atoms with van der Waals surface area (Å²) < 4.78 is 5.18. The van der Waals surface area contributed by atoms with Crippen LogP contribution in [-0.2, 0) is 5.54 Å². The fourth-order valence-electron chi connectivity index (χ4n) is 1.79. The van der Waals surface area contributed by atoms with Crippen molar-refractivity contribution in [2.24, 2.45) is 0 Å². The number of rotatable bonds is 5. The Morgan fingerprint density at radius 1 is 1.37 bits per heavy atom. The van der Waals surface area contributed by atoms with Gasteiger partial charge in [0, 0.05) is 24.1 Å². The van der Waals surface area contributed by atoms with Crippen molar-refractivity contribution in [1.29, 1.82) is 0 Å². The second-order valence-corrected chi connectivity index (χ2v) is 4.44. The summed E-state index contributed by atoms with van der Waals surface area (Å²) in [5.74, 6) is 0.754. The third-order valence-corrected chi connectivity index (χ3v) is 2.93. The van der Waals surface area contributed by atoms with Gasteiger partial charge >= 0.3 is 0 Å². The van der Waals surface area contributed by atoms with E-state index in [-0.39, 0.29) is 6.61 Å². The minimum absolute atomic E-state index is 0.0943. The number of hydrogen-bond acceptors (Lipinski definition) is 5. The average Bonchev–Trinajstić information content (AvgIpc) is 2.48. The predicted molar refractivity (Wildman–Crippen MR) is 73.1 cm³/mol. The van der Waals surface area contributed by atoms with Crippen molar-refractivity contribution in [3.8, 4) is 5.75 Å². The smallest absolute Gasteiger partial charge is 0.120 e. The zero-order chi connectivity index (χ0) is 13.7. The van der Waals surface area contributed by atoms with Crippen molar-refractivity contribution in [1.82, 2.24) is 9.97 Å². The van der Waals surface area contributed by atoms with Crippen LogP contribution in [0.5, 0.6) is 5.75 Å². The average molecular weight is 259 g/mol. The molecular weight excluding hydrogens is 242 g/mol. The summed E-state index contributed by atoms with van der Waals surface area (Å²) in [6.45, 7) is 1.78. The van der Waals surface area contributed by atoms with E-state index in [0.717, 1.165) is 11.4 Å². The SMILES string of the molecule is COc1cccc(NC(C)(CO)c2cnccn2)c1. The molecule has 2 rings (SSSR count). The number of hydrogen-bond donors (Lipinski definition) is 2. The van der Waals surface area contributed by atoms with Crippen LogP contribution in [0.3, 0.4) is 0 Å². The molecule has 0 aliphatic heterocycles. The number of benzene rings is 1. The van der Waals surface area contributed by atoms with Crippen molar-refractivity contribution in [2.45, 2.75) is 12.5 Å². The molecule has 100 valence electrons. The first-order valence-corrected chi connectivity index (χ1v) is 5.97. The van der Waals surface area contributed by atoms with Crippen LogP contribution in [0.25, 0.3) is 0 Å². The minimum Gasteiger partial charge on any atom is -0.497 e. The molecule has 2 aromatic rings. The Bertz CT molecular complexity index is 533. The van der Waals surface area contributed by atoms with E-state index in [2.05, 4.69) is 15.3 Å². The van der Waals surface area contributed by atoms with Crippen LogP contribution in [0.4, 0.5) is 5.69 Å². The van der Waals surface area contributed by atoms with E-state index in [1.807, 2.05) is 31.2 Å². The summed E-state index contributed by atoms with van der Waals surface area (Å²) in [5, 5.41) is 12.9. The molecular formula is C14H17N3O2. The van der Waals surface area contributed by atoms with Gasteiger partial charge in [-0.1, -0.05) is 6.07 Å². The Morgan fingerprint density at radius 3 is 2.84 bits per heavy atom. The quantitative estimate of drug-likeness (QED) is 0.857. The minimum atomic E-state index is -0.694. The molecule has 1 atom stereocenters. The fourth-order valence-corrected chi connectivity index (χ4v) is 1.79. The molecule has 1 aromatic carbocycles. The van der Waals surface area contributed by atoms with Crippen LogP contribution in [0.15, 0.2) is 42.9 Å². The topological polar surface area (TPSA) is 67.3 Å². The molecule has 5 nitrogen and oxygen atoms in total. The molecule has 0 bridgehead atoms. The molecule has 2 N–H and O–H groups in total. The molecule has 0 spiro atoms. The van der Waals surface area contributed by atoms with Gasteiger partial charge in [0.25, 0.3) is 0 Å². The molecule has 0 aliphatic carbocycles. The number of aliphatic hydroxyl groups excluding tert-OH is 1. The molecule has 19 heavy (non-hydrogen) atoms. The molecule has 0 saturated heterocycles. The van der Waals surface area contributed by atoms with Crippen LogP contribution in [0.2, 0.25) is 0 Å². The largest absolute Gasteiger partial charge is 0.497 e. The summed E-state index contributed by atoms with van der Waals surface area (Å²) in [5.41, 5.74) is 0.836. The first-order chi connectivity index (χ1) is 9.18. The molecule has 0 amide bonds. The predicted octanol–water partition coefficient (Wildman–Crippen LogP) is 1.80. The summed E-state index contributed by atoms with van der Waals surface area (Å²) in [6, 6.07) is 7.52. The summed E-state index contributed by atoms with van der Waals surface area (Å²) in [6.07, 6.45) is 4.85. The number of nitrogens with zero attached hydrogens (tertiary/aromatic N) is 2. The Morgan fingerprint density at radius 2 is 2.21 bits per heavy atom. The number of anilines is 1. The first kappa shape index (κ1) is 13.3. The van der Waals surface area contributed by atoms with Crippen molar-refractivity contribution in [2.75, 3.05) is 19.0 Å². The van der Waals surface area contributed by atoms with Crippen molar-refractivity contribution < 1.29 is 9.84 Å². The number of aromatic nitrogens is 2. The van der Waals surface area contributed by atoms with E-state index >= 15 is 0 Å².